The number of hydrogen-bond donors (Lipinski definition) is 2. The van der Waals surface area contributed by atoms with Gasteiger partial charge < -0.3 is 22.4 Å². The van der Waals surface area contributed by atoms with Crippen molar-refractivity contribution < 1.29 is 88.6 Å². The van der Waals surface area contributed by atoms with Gasteiger partial charge in [0.2, 0.25) is 0 Å². The Kier molecular flexibility index (Phi) is 10.3. The van der Waals surface area contributed by atoms with Crippen LogP contribution in [0.1, 0.15) is 77.3 Å². The summed E-state index contributed by atoms with van der Waals surface area (Å²) < 4.78 is 6.35. The Bertz CT molecular complexity index is 605. The summed E-state index contributed by atoms with van der Waals surface area (Å²) in [5.41, 5.74) is 2.08. The molecule has 4 nitrogen and oxygen atoms in total. The number of aromatic hydroxyl groups is 1. The predicted octanol–water partition coefficient (Wildman–Crippen LogP) is 2.29. The Labute approximate surface area is 217 Å². The van der Waals surface area contributed by atoms with Crippen LogP contribution in [0, 0.1) is 13.3 Å². The molecule has 2 N–H and O–H groups in total. The summed E-state index contributed by atoms with van der Waals surface area (Å²) in [6, 6.07) is 4.10. The van der Waals surface area contributed by atoms with Crippen LogP contribution >= 0.6 is 0 Å². The Morgan fingerprint density at radius 1 is 1.19 bits per heavy atom. The van der Waals surface area contributed by atoms with Crippen LogP contribution in [0.15, 0.2) is 12.1 Å². The first-order valence-corrected chi connectivity index (χ1v) is 8.76. The molecule has 2 unspecified atom stereocenters. The Morgan fingerprint density at radius 2 is 1.73 bits per heavy atom. The van der Waals surface area contributed by atoms with Crippen molar-refractivity contribution in [2.24, 2.45) is 5.92 Å². The van der Waals surface area contributed by atoms with E-state index in [9.17, 15) is 5.11 Å². The average molecular weight is 482 g/mol. The molecule has 1 aliphatic carbocycles. The summed E-state index contributed by atoms with van der Waals surface area (Å²) in [6.07, 6.45) is 4.92. The number of carbonyl (C=O) groups is 1. The van der Waals surface area contributed by atoms with E-state index in [0.717, 1.165) is 16.9 Å². The molecule has 1 saturated carbocycles. The summed E-state index contributed by atoms with van der Waals surface area (Å²) >= 11 is 0. The number of phenols is 1. The van der Waals surface area contributed by atoms with Crippen molar-refractivity contribution in [3.05, 3.63) is 30.7 Å². The van der Waals surface area contributed by atoms with Crippen molar-refractivity contribution in [3.63, 3.8) is 0 Å². The Balaban J connectivity index is 0.00000117. The number of benzene rings is 1. The van der Waals surface area contributed by atoms with Crippen LogP contribution in [0.3, 0.4) is 0 Å². The van der Waals surface area contributed by atoms with E-state index >= 15 is 0 Å². The van der Waals surface area contributed by atoms with E-state index in [0.29, 0.717) is 17.6 Å². The fourth-order valence-corrected chi connectivity index (χ4v) is 4.17. The van der Waals surface area contributed by atoms with E-state index in [1.165, 1.54) is 25.7 Å². The molecule has 0 radical (unpaired) electrons. The molecule has 1 aliphatic heterocycles. The zero-order valence-corrected chi connectivity index (χ0v) is 23.7. The smallest absolute Gasteiger partial charge is 0.508 e. The van der Waals surface area contributed by atoms with E-state index in [4.69, 9.17) is 14.6 Å². The molecule has 0 bridgehead atoms. The Morgan fingerprint density at radius 3 is 2.27 bits per heavy atom. The molecule has 0 amide bonds. The second-order valence-electron chi connectivity index (χ2n) is 8.47. The minimum absolute atomic E-state index is 0. The molecule has 2 aliphatic rings. The third-order valence-electron chi connectivity index (χ3n) is 5.39. The van der Waals surface area contributed by atoms with Crippen LogP contribution in [0.25, 0.3) is 0 Å². The van der Waals surface area contributed by atoms with Crippen LogP contribution in [0.5, 0.6) is 11.5 Å². The van der Waals surface area contributed by atoms with Crippen LogP contribution < -0.4 is 73.6 Å². The molecule has 1 aromatic carbocycles. The van der Waals surface area contributed by atoms with Gasteiger partial charge in [-0.2, -0.15) is 0 Å². The monoisotopic (exact) mass is 482 g/mol. The topological polar surface area (TPSA) is 66.8 Å². The van der Waals surface area contributed by atoms with Gasteiger partial charge in [0, 0.05) is 11.5 Å². The normalized spacial score (nSPS) is 22.7. The SMILES string of the molecule is CC(C)(C)c1cc(O)c2c(c1)OC(C)(C)C1CCCCC21.O=CO.[CH3-].[Cs+]. The van der Waals surface area contributed by atoms with Gasteiger partial charge >= 0.3 is 68.9 Å². The molecular weight excluding hydrogens is 449 g/mol. The van der Waals surface area contributed by atoms with Crippen LogP contribution in [-0.2, 0) is 10.2 Å². The zero-order chi connectivity index (χ0) is 18.1. The van der Waals surface area contributed by atoms with Gasteiger partial charge in [-0.15, -0.1) is 0 Å². The molecular formula is C21H33CsO4. The van der Waals surface area contributed by atoms with Crippen molar-refractivity contribution >= 4 is 6.47 Å². The van der Waals surface area contributed by atoms with Gasteiger partial charge in [-0.3, -0.25) is 4.79 Å². The quantitative estimate of drug-likeness (QED) is 0.440. The molecule has 26 heavy (non-hydrogen) atoms. The maximum Gasteiger partial charge on any atom is 1.00 e. The second-order valence-corrected chi connectivity index (χ2v) is 8.47. The van der Waals surface area contributed by atoms with E-state index < -0.39 is 0 Å². The minimum Gasteiger partial charge on any atom is -0.508 e. The van der Waals surface area contributed by atoms with Crippen LogP contribution in [0.2, 0.25) is 0 Å². The number of carboxylic acid groups (broad SMARTS) is 1. The predicted molar refractivity (Wildman–Crippen MR) is 101 cm³/mol. The van der Waals surface area contributed by atoms with E-state index in [1.54, 1.807) is 0 Å². The maximum absolute atomic E-state index is 10.6. The van der Waals surface area contributed by atoms with Gasteiger partial charge in [0.05, 0.1) is 0 Å². The van der Waals surface area contributed by atoms with Crippen molar-refractivity contribution in [1.82, 2.24) is 0 Å². The van der Waals surface area contributed by atoms with Gasteiger partial charge in [-0.05, 0) is 55.7 Å². The molecule has 1 aromatic rings. The van der Waals surface area contributed by atoms with Gasteiger partial charge in [0.1, 0.15) is 17.1 Å². The van der Waals surface area contributed by atoms with E-state index in [1.807, 2.05) is 6.07 Å². The third-order valence-corrected chi connectivity index (χ3v) is 5.39. The average Bonchev–Trinajstić information content (AvgIpc) is 2.46. The number of ether oxygens (including phenoxy) is 1. The minimum atomic E-state index is -0.250. The standard InChI is InChI=1S/C19H28O2.CH2O2.CH3.Cs/c1-18(2,3)12-10-15(20)17-13-8-6-7-9-14(13)19(4,5)21-16(17)11-12;2-1-3;;/h10-11,13-14,20H,6-9H2,1-5H3;1H,(H,2,3);1H3;/q;;-1;+1. The van der Waals surface area contributed by atoms with Crippen LogP contribution in [-0.4, -0.2) is 22.3 Å². The molecule has 0 aromatic heterocycles. The van der Waals surface area contributed by atoms with Crippen LogP contribution in [0.4, 0.5) is 0 Å². The van der Waals surface area contributed by atoms with Crippen molar-refractivity contribution in [2.75, 3.05) is 0 Å². The fourth-order valence-electron chi connectivity index (χ4n) is 4.17. The molecule has 0 spiro atoms. The summed E-state index contributed by atoms with van der Waals surface area (Å²) in [7, 11) is 0. The molecule has 142 valence electrons. The van der Waals surface area contributed by atoms with E-state index in [2.05, 4.69) is 40.7 Å². The molecule has 3 rings (SSSR count). The van der Waals surface area contributed by atoms with Gasteiger partial charge in [0.25, 0.3) is 6.47 Å². The summed E-state index contributed by atoms with van der Waals surface area (Å²) in [5, 5.41) is 17.5. The van der Waals surface area contributed by atoms with Gasteiger partial charge in [0.15, 0.2) is 0 Å². The summed E-state index contributed by atoms with van der Waals surface area (Å²) in [5.74, 6) is 2.31. The zero-order valence-electron chi connectivity index (χ0n) is 17.4. The third kappa shape index (κ3) is 5.68. The van der Waals surface area contributed by atoms with Crippen molar-refractivity contribution in [1.29, 1.82) is 0 Å². The molecule has 1 heterocycles. The maximum atomic E-state index is 10.6. The summed E-state index contributed by atoms with van der Waals surface area (Å²) in [4.78, 5) is 8.36. The summed E-state index contributed by atoms with van der Waals surface area (Å²) in [6.45, 7) is 10.7. The molecule has 0 saturated heterocycles. The first kappa shape index (κ1) is 26.3. The van der Waals surface area contributed by atoms with Gasteiger partial charge in [-0.1, -0.05) is 33.6 Å². The van der Waals surface area contributed by atoms with Crippen molar-refractivity contribution in [3.8, 4) is 11.5 Å². The fraction of sp³-hybridized carbons (Fsp3) is 0.619. The van der Waals surface area contributed by atoms with E-state index in [-0.39, 0.29) is 93.8 Å². The number of rotatable bonds is 0. The molecule has 2 atom stereocenters. The Hall–Kier alpha value is 0.342. The first-order valence-electron chi connectivity index (χ1n) is 8.76. The number of fused-ring (bicyclic) bond motifs is 3. The number of hydrogen-bond acceptors (Lipinski definition) is 3. The second kappa shape index (κ2) is 10.2. The molecule has 5 heteroatoms. The number of phenolic OH excluding ortho intramolecular Hbond substituents is 1. The largest absolute Gasteiger partial charge is 1.00 e. The first-order chi connectivity index (χ1) is 11.1. The molecule has 1 fully saturated rings. The van der Waals surface area contributed by atoms with Gasteiger partial charge in [-0.25, -0.2) is 0 Å². The van der Waals surface area contributed by atoms with Crippen molar-refractivity contribution in [2.45, 2.75) is 77.2 Å².